The third-order valence-electron chi connectivity index (χ3n) is 2.61. The van der Waals surface area contributed by atoms with Gasteiger partial charge in [-0.15, -0.1) is 0 Å². The predicted octanol–water partition coefficient (Wildman–Crippen LogP) is 2.07. The monoisotopic (exact) mass is 237 g/mol. The molecule has 0 aliphatic heterocycles. The standard InChI is InChI=1S/C12H15NO2S/c14-16(15,12-9-5-2-6-10-12)13-11-7-3-1-4-8-11/h2-3,5-7,9-11,13H,1,4,8H2/t11-/m1/s1. The van der Waals surface area contributed by atoms with E-state index in [9.17, 15) is 8.42 Å². The fourth-order valence-corrected chi connectivity index (χ4v) is 3.02. The Hall–Kier alpha value is -1.13. The number of hydrogen-bond acceptors (Lipinski definition) is 2. The molecule has 1 aliphatic rings. The quantitative estimate of drug-likeness (QED) is 0.818. The zero-order valence-corrected chi connectivity index (χ0v) is 9.78. The van der Waals surface area contributed by atoms with Crippen molar-refractivity contribution in [2.45, 2.75) is 30.2 Å². The largest absolute Gasteiger partial charge is 0.241 e. The summed E-state index contributed by atoms with van der Waals surface area (Å²) >= 11 is 0. The molecule has 1 aliphatic carbocycles. The first-order valence-corrected chi connectivity index (χ1v) is 6.91. The fourth-order valence-electron chi connectivity index (χ4n) is 1.78. The molecule has 0 saturated heterocycles. The molecule has 0 radical (unpaired) electrons. The summed E-state index contributed by atoms with van der Waals surface area (Å²) in [5, 5.41) is 0. The van der Waals surface area contributed by atoms with E-state index in [1.54, 1.807) is 30.3 Å². The van der Waals surface area contributed by atoms with Crippen LogP contribution in [0.4, 0.5) is 0 Å². The summed E-state index contributed by atoms with van der Waals surface area (Å²) in [6.45, 7) is 0. The second-order valence-corrected chi connectivity index (χ2v) is 5.61. The summed E-state index contributed by atoms with van der Waals surface area (Å²) in [6, 6.07) is 8.42. The minimum Gasteiger partial charge on any atom is -0.207 e. The van der Waals surface area contributed by atoms with Crippen LogP contribution in [0.1, 0.15) is 19.3 Å². The Morgan fingerprint density at radius 1 is 1.19 bits per heavy atom. The van der Waals surface area contributed by atoms with Crippen molar-refractivity contribution >= 4 is 10.0 Å². The van der Waals surface area contributed by atoms with Gasteiger partial charge in [0, 0.05) is 6.04 Å². The van der Waals surface area contributed by atoms with Crippen molar-refractivity contribution in [2.75, 3.05) is 0 Å². The van der Waals surface area contributed by atoms with Crippen molar-refractivity contribution in [3.63, 3.8) is 0 Å². The Labute approximate surface area is 96.2 Å². The normalized spacial score (nSPS) is 20.9. The van der Waals surface area contributed by atoms with Gasteiger partial charge in [0.1, 0.15) is 0 Å². The molecule has 4 heteroatoms. The predicted molar refractivity (Wildman–Crippen MR) is 63.5 cm³/mol. The lowest BCUT2D eigenvalue weighted by atomic mass is 10.0. The van der Waals surface area contributed by atoms with Gasteiger partial charge >= 0.3 is 0 Å². The average molecular weight is 237 g/mol. The Balaban J connectivity index is 2.14. The molecule has 1 aromatic carbocycles. The highest BCUT2D eigenvalue weighted by Crippen LogP contribution is 2.14. The van der Waals surface area contributed by atoms with Crippen molar-refractivity contribution < 1.29 is 8.42 Å². The van der Waals surface area contributed by atoms with Gasteiger partial charge in [-0.1, -0.05) is 30.4 Å². The highest BCUT2D eigenvalue weighted by Gasteiger charge is 2.18. The molecule has 1 N–H and O–H groups in total. The minimum absolute atomic E-state index is 0.0565. The fraction of sp³-hybridized carbons (Fsp3) is 0.333. The zero-order valence-electron chi connectivity index (χ0n) is 8.96. The summed E-state index contributed by atoms with van der Waals surface area (Å²) in [6.07, 6.45) is 6.93. The third-order valence-corrected chi connectivity index (χ3v) is 4.12. The van der Waals surface area contributed by atoms with E-state index in [0.29, 0.717) is 4.90 Å². The molecule has 0 heterocycles. The van der Waals surface area contributed by atoms with Gasteiger partial charge < -0.3 is 0 Å². The first-order valence-electron chi connectivity index (χ1n) is 5.42. The van der Waals surface area contributed by atoms with Gasteiger partial charge in [0.2, 0.25) is 10.0 Å². The van der Waals surface area contributed by atoms with Crippen LogP contribution < -0.4 is 4.72 Å². The Kier molecular flexibility index (Phi) is 3.41. The second kappa shape index (κ2) is 4.80. The van der Waals surface area contributed by atoms with Gasteiger partial charge in [-0.3, -0.25) is 0 Å². The zero-order chi connectivity index (χ0) is 11.4. The van der Waals surface area contributed by atoms with E-state index < -0.39 is 10.0 Å². The molecular weight excluding hydrogens is 222 g/mol. The van der Waals surface area contributed by atoms with Gasteiger partial charge in [-0.2, -0.15) is 0 Å². The summed E-state index contributed by atoms with van der Waals surface area (Å²) in [5.74, 6) is 0. The third kappa shape index (κ3) is 2.71. The van der Waals surface area contributed by atoms with E-state index in [1.807, 2.05) is 12.2 Å². The molecule has 1 atom stereocenters. The summed E-state index contributed by atoms with van der Waals surface area (Å²) in [7, 11) is -3.36. The maximum absolute atomic E-state index is 12.0. The van der Waals surface area contributed by atoms with Crippen LogP contribution in [0.25, 0.3) is 0 Å². The highest BCUT2D eigenvalue weighted by molar-refractivity contribution is 7.89. The number of sulfonamides is 1. The van der Waals surface area contributed by atoms with Crippen LogP contribution in [0.2, 0.25) is 0 Å². The summed E-state index contributed by atoms with van der Waals surface area (Å²) in [5.41, 5.74) is 0. The first-order chi connectivity index (χ1) is 7.68. The highest BCUT2D eigenvalue weighted by atomic mass is 32.2. The van der Waals surface area contributed by atoms with E-state index in [1.165, 1.54) is 0 Å². The van der Waals surface area contributed by atoms with Crippen LogP contribution in [0.5, 0.6) is 0 Å². The van der Waals surface area contributed by atoms with Crippen LogP contribution in [0.15, 0.2) is 47.4 Å². The van der Waals surface area contributed by atoms with Gasteiger partial charge in [-0.25, -0.2) is 13.1 Å². The molecule has 0 amide bonds. The number of benzene rings is 1. The maximum atomic E-state index is 12.0. The van der Waals surface area contributed by atoms with Crippen molar-refractivity contribution in [3.05, 3.63) is 42.5 Å². The minimum atomic E-state index is -3.36. The van der Waals surface area contributed by atoms with Crippen molar-refractivity contribution in [3.8, 4) is 0 Å². The molecule has 1 aromatic rings. The van der Waals surface area contributed by atoms with E-state index in [0.717, 1.165) is 19.3 Å². The molecule has 0 spiro atoms. The topological polar surface area (TPSA) is 46.2 Å². The summed E-state index contributed by atoms with van der Waals surface area (Å²) in [4.78, 5) is 0.328. The molecule has 86 valence electrons. The molecule has 16 heavy (non-hydrogen) atoms. The number of allylic oxidation sites excluding steroid dienone is 1. The van der Waals surface area contributed by atoms with Crippen molar-refractivity contribution in [2.24, 2.45) is 0 Å². The number of hydrogen-bond donors (Lipinski definition) is 1. The van der Waals surface area contributed by atoms with Gasteiger partial charge in [0.15, 0.2) is 0 Å². The molecule has 2 rings (SSSR count). The van der Waals surface area contributed by atoms with Crippen LogP contribution in [0, 0.1) is 0 Å². The van der Waals surface area contributed by atoms with Gasteiger partial charge in [0.25, 0.3) is 0 Å². The van der Waals surface area contributed by atoms with Crippen LogP contribution >= 0.6 is 0 Å². The van der Waals surface area contributed by atoms with E-state index in [2.05, 4.69) is 4.72 Å². The van der Waals surface area contributed by atoms with Crippen molar-refractivity contribution in [1.82, 2.24) is 4.72 Å². The lowest BCUT2D eigenvalue weighted by molar-refractivity contribution is 0.549. The smallest absolute Gasteiger partial charge is 0.207 e. The van der Waals surface area contributed by atoms with Gasteiger partial charge in [-0.05, 0) is 31.4 Å². The second-order valence-electron chi connectivity index (χ2n) is 3.90. The van der Waals surface area contributed by atoms with Crippen LogP contribution in [0.3, 0.4) is 0 Å². The number of nitrogens with one attached hydrogen (secondary N) is 1. The van der Waals surface area contributed by atoms with E-state index in [-0.39, 0.29) is 6.04 Å². The van der Waals surface area contributed by atoms with E-state index in [4.69, 9.17) is 0 Å². The SMILES string of the molecule is O=S(=O)(N[C@@H]1C=CCCC1)c1ccccc1. The van der Waals surface area contributed by atoms with Crippen molar-refractivity contribution in [1.29, 1.82) is 0 Å². The molecule has 0 saturated carbocycles. The molecule has 0 aromatic heterocycles. The maximum Gasteiger partial charge on any atom is 0.241 e. The molecule has 0 bridgehead atoms. The Morgan fingerprint density at radius 2 is 1.94 bits per heavy atom. The molecule has 0 fully saturated rings. The van der Waals surface area contributed by atoms with Gasteiger partial charge in [0.05, 0.1) is 4.90 Å². The average Bonchev–Trinajstić information content (AvgIpc) is 2.31. The Morgan fingerprint density at radius 3 is 2.56 bits per heavy atom. The lowest BCUT2D eigenvalue weighted by Gasteiger charge is -2.17. The lowest BCUT2D eigenvalue weighted by Crippen LogP contribution is -2.34. The summed E-state index contributed by atoms with van der Waals surface area (Å²) < 4.78 is 26.6. The molecule has 3 nitrogen and oxygen atoms in total. The molecular formula is C12H15NO2S. The first kappa shape index (κ1) is 11.4. The number of rotatable bonds is 3. The van der Waals surface area contributed by atoms with Crippen LogP contribution in [-0.4, -0.2) is 14.5 Å². The van der Waals surface area contributed by atoms with Crippen LogP contribution in [-0.2, 0) is 10.0 Å². The molecule has 0 unspecified atom stereocenters. The van der Waals surface area contributed by atoms with E-state index >= 15 is 0 Å². The Bertz CT molecular complexity index is 465.